The molecule has 2 saturated heterocycles. The van der Waals surface area contributed by atoms with E-state index in [1.54, 1.807) is 13.8 Å². The quantitative estimate of drug-likeness (QED) is 0.413. The third-order valence-corrected chi connectivity index (χ3v) is 2.48. The Morgan fingerprint density at radius 3 is 2.80 bits per heavy atom. The molecule has 0 saturated carbocycles. The Balaban J connectivity index is 2.17. The van der Waals surface area contributed by atoms with E-state index in [1.165, 1.54) is 0 Å². The van der Waals surface area contributed by atoms with Crippen molar-refractivity contribution in [3.8, 4) is 0 Å². The minimum absolute atomic E-state index is 0.218. The summed E-state index contributed by atoms with van der Waals surface area (Å²) in [6.07, 6.45) is -1.55. The number of hydrogen-bond acceptors (Lipinski definition) is 5. The third-order valence-electron chi connectivity index (χ3n) is 2.48. The second-order valence-corrected chi connectivity index (χ2v) is 4.02. The Labute approximate surface area is 86.6 Å². The molecule has 0 unspecified atom stereocenters. The molecule has 2 aliphatic heterocycles. The number of aliphatic hydroxyl groups excluding tert-OH is 1. The fraction of sp³-hybridized carbons (Fsp3) is 1.00. The first-order chi connectivity index (χ1) is 7.07. The van der Waals surface area contributed by atoms with Crippen LogP contribution >= 0.6 is 0 Å². The molecule has 84 valence electrons. The fourth-order valence-corrected chi connectivity index (χ4v) is 1.91. The Morgan fingerprint density at radius 1 is 1.47 bits per heavy atom. The summed E-state index contributed by atoms with van der Waals surface area (Å²) in [6.45, 7) is 3.30. The first-order valence-electron chi connectivity index (χ1n) is 4.73. The van der Waals surface area contributed by atoms with Crippen molar-refractivity contribution in [3.63, 3.8) is 0 Å². The predicted molar refractivity (Wildman–Crippen MR) is 48.7 cm³/mol. The number of fused-ring (bicyclic) bond motifs is 1. The Hall–Kier alpha value is -0.850. The van der Waals surface area contributed by atoms with Crippen molar-refractivity contribution in [2.45, 2.75) is 44.2 Å². The van der Waals surface area contributed by atoms with E-state index in [0.717, 1.165) is 0 Å². The van der Waals surface area contributed by atoms with Crippen LogP contribution in [0.15, 0.2) is 5.11 Å². The summed E-state index contributed by atoms with van der Waals surface area (Å²) in [7, 11) is 0. The zero-order valence-electron chi connectivity index (χ0n) is 8.53. The van der Waals surface area contributed by atoms with Gasteiger partial charge in [-0.25, -0.2) is 0 Å². The summed E-state index contributed by atoms with van der Waals surface area (Å²) in [5, 5.41) is 12.6. The van der Waals surface area contributed by atoms with Crippen LogP contribution in [-0.4, -0.2) is 42.0 Å². The van der Waals surface area contributed by atoms with E-state index in [4.69, 9.17) is 24.8 Å². The van der Waals surface area contributed by atoms with Gasteiger partial charge in [0.2, 0.25) is 0 Å². The number of rotatable bonds is 2. The van der Waals surface area contributed by atoms with Crippen molar-refractivity contribution in [3.05, 3.63) is 10.4 Å². The monoisotopic (exact) mass is 215 g/mol. The van der Waals surface area contributed by atoms with Gasteiger partial charge >= 0.3 is 0 Å². The lowest BCUT2D eigenvalue weighted by molar-refractivity contribution is -0.209. The molecule has 1 N–H and O–H groups in total. The van der Waals surface area contributed by atoms with Gasteiger partial charge in [-0.05, 0) is 19.4 Å². The van der Waals surface area contributed by atoms with Gasteiger partial charge in [0.25, 0.3) is 0 Å². The Morgan fingerprint density at radius 2 is 2.20 bits per heavy atom. The minimum Gasteiger partial charge on any atom is -0.394 e. The van der Waals surface area contributed by atoms with Crippen LogP contribution in [-0.2, 0) is 14.2 Å². The molecule has 0 amide bonds. The van der Waals surface area contributed by atoms with E-state index in [9.17, 15) is 0 Å². The van der Waals surface area contributed by atoms with Crippen molar-refractivity contribution >= 4 is 0 Å². The van der Waals surface area contributed by atoms with Crippen molar-refractivity contribution in [2.24, 2.45) is 5.11 Å². The molecule has 2 fully saturated rings. The summed E-state index contributed by atoms with van der Waals surface area (Å²) in [6, 6.07) is -0.535. The van der Waals surface area contributed by atoms with E-state index < -0.39 is 30.3 Å². The summed E-state index contributed by atoms with van der Waals surface area (Å²) in [5.74, 6) is -0.737. The second-order valence-electron chi connectivity index (χ2n) is 4.02. The molecule has 0 bridgehead atoms. The molecule has 0 spiro atoms. The number of ether oxygens (including phenoxy) is 3. The molecule has 0 aromatic rings. The standard InChI is InChI=1S/C8H13N3O4/c1-8(2)14-6-5(10-11-9)4(3-12)13-7(6)15-8/h4-7,12H,3H2,1-2H3/t4-,5+,6-,7-/m1/s1. The molecule has 4 atom stereocenters. The van der Waals surface area contributed by atoms with Crippen molar-refractivity contribution < 1.29 is 19.3 Å². The van der Waals surface area contributed by atoms with Gasteiger partial charge in [0, 0.05) is 4.91 Å². The molecule has 7 heteroatoms. The normalized spacial score (nSPS) is 42.3. The average Bonchev–Trinajstić information content (AvgIpc) is 2.60. The summed E-state index contributed by atoms with van der Waals surface area (Å²) >= 11 is 0. The van der Waals surface area contributed by atoms with E-state index >= 15 is 0 Å². The van der Waals surface area contributed by atoms with Gasteiger partial charge in [0.05, 0.1) is 18.8 Å². The first kappa shape index (κ1) is 10.7. The van der Waals surface area contributed by atoms with Crippen LogP contribution in [0.25, 0.3) is 10.4 Å². The van der Waals surface area contributed by atoms with Crippen LogP contribution in [0.2, 0.25) is 0 Å². The molecular formula is C8H13N3O4. The van der Waals surface area contributed by atoms with Crippen LogP contribution in [0.5, 0.6) is 0 Å². The molecule has 0 aliphatic carbocycles. The zero-order chi connectivity index (χ0) is 11.1. The third kappa shape index (κ3) is 1.80. The molecule has 15 heavy (non-hydrogen) atoms. The average molecular weight is 215 g/mol. The molecule has 2 aliphatic rings. The number of nitrogens with zero attached hydrogens (tertiary/aromatic N) is 3. The predicted octanol–water partition coefficient (Wildman–Crippen LogP) is 0.534. The topological polar surface area (TPSA) is 96.7 Å². The maximum Gasteiger partial charge on any atom is 0.188 e. The Bertz CT molecular complexity index is 302. The van der Waals surface area contributed by atoms with Crippen LogP contribution in [0.4, 0.5) is 0 Å². The highest BCUT2D eigenvalue weighted by atomic mass is 16.8. The van der Waals surface area contributed by atoms with Gasteiger partial charge in [0.1, 0.15) is 6.10 Å². The fourth-order valence-electron chi connectivity index (χ4n) is 1.91. The molecule has 0 aromatic heterocycles. The van der Waals surface area contributed by atoms with Crippen LogP contribution < -0.4 is 0 Å². The van der Waals surface area contributed by atoms with Gasteiger partial charge in [0.15, 0.2) is 12.1 Å². The largest absolute Gasteiger partial charge is 0.394 e. The minimum atomic E-state index is -0.737. The maximum atomic E-state index is 9.03. The summed E-state index contributed by atoms with van der Waals surface area (Å²) < 4.78 is 16.4. The lowest BCUT2D eigenvalue weighted by Gasteiger charge is -2.22. The summed E-state index contributed by atoms with van der Waals surface area (Å²) in [4.78, 5) is 2.72. The van der Waals surface area contributed by atoms with E-state index in [1.807, 2.05) is 0 Å². The number of azide groups is 1. The van der Waals surface area contributed by atoms with Crippen LogP contribution in [0, 0.1) is 0 Å². The number of aliphatic hydroxyl groups is 1. The van der Waals surface area contributed by atoms with Gasteiger partial charge < -0.3 is 19.3 Å². The van der Waals surface area contributed by atoms with Crippen molar-refractivity contribution in [1.29, 1.82) is 0 Å². The highest BCUT2D eigenvalue weighted by Gasteiger charge is 2.54. The lowest BCUT2D eigenvalue weighted by Crippen LogP contribution is -2.34. The van der Waals surface area contributed by atoms with E-state index in [2.05, 4.69) is 10.0 Å². The van der Waals surface area contributed by atoms with Gasteiger partial charge in [-0.3, -0.25) is 0 Å². The van der Waals surface area contributed by atoms with Crippen LogP contribution in [0.3, 0.4) is 0 Å². The Kier molecular flexibility index (Phi) is 2.57. The lowest BCUT2D eigenvalue weighted by atomic mass is 10.1. The van der Waals surface area contributed by atoms with Gasteiger partial charge in [-0.15, -0.1) is 0 Å². The highest BCUT2D eigenvalue weighted by Crippen LogP contribution is 2.38. The van der Waals surface area contributed by atoms with E-state index in [-0.39, 0.29) is 6.61 Å². The van der Waals surface area contributed by atoms with Gasteiger partial charge in [-0.2, -0.15) is 0 Å². The SMILES string of the molecule is CC1(C)O[C@H]2O[C@H](CO)[C@H](N=[N+]=[N-])[C@H]2O1. The second kappa shape index (κ2) is 3.62. The molecule has 0 radical (unpaired) electrons. The van der Waals surface area contributed by atoms with Crippen LogP contribution in [0.1, 0.15) is 13.8 Å². The van der Waals surface area contributed by atoms with Crippen molar-refractivity contribution in [1.82, 2.24) is 0 Å². The highest BCUT2D eigenvalue weighted by molar-refractivity contribution is 4.97. The molecule has 2 rings (SSSR count). The first-order valence-corrected chi connectivity index (χ1v) is 4.73. The maximum absolute atomic E-state index is 9.03. The summed E-state index contributed by atoms with van der Waals surface area (Å²) in [5.41, 5.74) is 8.41. The number of hydrogen-bond donors (Lipinski definition) is 1. The molecule has 0 aromatic carbocycles. The van der Waals surface area contributed by atoms with Gasteiger partial charge in [-0.1, -0.05) is 5.11 Å². The van der Waals surface area contributed by atoms with E-state index in [0.29, 0.717) is 0 Å². The zero-order valence-corrected chi connectivity index (χ0v) is 8.53. The molecular weight excluding hydrogens is 202 g/mol. The molecule has 2 heterocycles. The van der Waals surface area contributed by atoms with Crippen molar-refractivity contribution in [2.75, 3.05) is 6.61 Å². The smallest absolute Gasteiger partial charge is 0.188 e. The molecule has 7 nitrogen and oxygen atoms in total.